The molecule has 2 fully saturated rings. The summed E-state index contributed by atoms with van der Waals surface area (Å²) in [5.74, 6) is 9.51. The maximum Gasteiger partial charge on any atom is 0.0241 e. The fraction of sp³-hybridized carbons (Fsp3) is 0.875. The van der Waals surface area contributed by atoms with Crippen molar-refractivity contribution < 1.29 is 0 Å². The van der Waals surface area contributed by atoms with Crippen molar-refractivity contribution in [1.82, 2.24) is 0 Å². The molecule has 0 aliphatic heterocycles. The molecule has 0 aromatic rings. The van der Waals surface area contributed by atoms with Gasteiger partial charge in [-0.3, -0.25) is 0 Å². The average molecular weight is 233 g/mol. The lowest BCUT2D eigenvalue weighted by Gasteiger charge is -2.23. The molecule has 17 heavy (non-hydrogen) atoms. The molecule has 4 atom stereocenters. The van der Waals surface area contributed by atoms with Gasteiger partial charge in [-0.15, -0.1) is 5.92 Å². The highest BCUT2D eigenvalue weighted by Crippen LogP contribution is 2.49. The molecular formula is C16H27N. The lowest BCUT2D eigenvalue weighted by Crippen LogP contribution is -2.25. The predicted octanol–water partition coefficient (Wildman–Crippen LogP) is 3.58. The fourth-order valence-corrected chi connectivity index (χ4v) is 3.58. The molecule has 0 aromatic carbocycles. The Hall–Kier alpha value is -0.480. The summed E-state index contributed by atoms with van der Waals surface area (Å²) < 4.78 is 0. The summed E-state index contributed by atoms with van der Waals surface area (Å²) in [5.41, 5.74) is 6.33. The lowest BCUT2D eigenvalue weighted by molar-refractivity contribution is 0.295. The second kappa shape index (κ2) is 5.02. The van der Waals surface area contributed by atoms with E-state index in [2.05, 4.69) is 32.6 Å². The van der Waals surface area contributed by atoms with Gasteiger partial charge in [0, 0.05) is 17.9 Å². The predicted molar refractivity (Wildman–Crippen MR) is 73.4 cm³/mol. The van der Waals surface area contributed by atoms with Gasteiger partial charge in [0.15, 0.2) is 0 Å². The van der Waals surface area contributed by atoms with Crippen LogP contribution >= 0.6 is 0 Å². The molecule has 0 amide bonds. The first-order chi connectivity index (χ1) is 7.94. The Morgan fingerprint density at radius 1 is 1.24 bits per heavy atom. The number of fused-ring (bicyclic) bond motifs is 2. The molecule has 2 aliphatic carbocycles. The molecule has 0 spiro atoms. The van der Waals surface area contributed by atoms with Gasteiger partial charge in [0.25, 0.3) is 0 Å². The van der Waals surface area contributed by atoms with Crippen LogP contribution in [0.4, 0.5) is 0 Å². The van der Waals surface area contributed by atoms with Gasteiger partial charge in [0.2, 0.25) is 0 Å². The van der Waals surface area contributed by atoms with Crippen LogP contribution in [-0.2, 0) is 0 Å². The van der Waals surface area contributed by atoms with Gasteiger partial charge in [-0.25, -0.2) is 0 Å². The Kier molecular flexibility index (Phi) is 3.83. The molecule has 4 unspecified atom stereocenters. The first-order valence-corrected chi connectivity index (χ1v) is 7.19. The van der Waals surface area contributed by atoms with Gasteiger partial charge in [-0.05, 0) is 64.2 Å². The average Bonchev–Trinajstić information content (AvgIpc) is 2.76. The number of hydrogen-bond donors (Lipinski definition) is 1. The minimum atomic E-state index is 0.117. The molecule has 0 heterocycles. The molecular weight excluding hydrogens is 206 g/mol. The van der Waals surface area contributed by atoms with Crippen molar-refractivity contribution in [2.45, 2.75) is 65.3 Å². The molecule has 2 rings (SSSR count). The highest BCUT2D eigenvalue weighted by molar-refractivity contribution is 5.08. The highest BCUT2D eigenvalue weighted by Gasteiger charge is 2.39. The minimum Gasteiger partial charge on any atom is -0.327 e. The Morgan fingerprint density at radius 2 is 2.00 bits per heavy atom. The number of hydrogen-bond acceptors (Lipinski definition) is 1. The summed E-state index contributed by atoms with van der Waals surface area (Å²) in [6.45, 7) is 6.46. The molecule has 0 aromatic heterocycles. The van der Waals surface area contributed by atoms with E-state index in [1.54, 1.807) is 0 Å². The molecule has 0 radical (unpaired) electrons. The molecule has 1 nitrogen and oxygen atoms in total. The Morgan fingerprint density at radius 3 is 2.53 bits per heavy atom. The van der Waals surface area contributed by atoms with Crippen LogP contribution < -0.4 is 5.73 Å². The number of rotatable bonds is 3. The van der Waals surface area contributed by atoms with E-state index in [1.165, 1.54) is 32.1 Å². The molecule has 0 saturated heterocycles. The van der Waals surface area contributed by atoms with Crippen LogP contribution in [-0.4, -0.2) is 6.04 Å². The normalized spacial score (nSPS) is 33.3. The smallest absolute Gasteiger partial charge is 0.0241 e. The van der Waals surface area contributed by atoms with E-state index in [-0.39, 0.29) is 5.41 Å². The summed E-state index contributed by atoms with van der Waals surface area (Å²) in [7, 11) is 0. The van der Waals surface area contributed by atoms with Gasteiger partial charge >= 0.3 is 0 Å². The van der Waals surface area contributed by atoms with Gasteiger partial charge in [0.1, 0.15) is 0 Å². The van der Waals surface area contributed by atoms with Gasteiger partial charge in [-0.2, -0.15) is 0 Å². The molecule has 1 heteroatoms. The summed E-state index contributed by atoms with van der Waals surface area (Å²) in [4.78, 5) is 0. The SMILES string of the molecule is CC(C)(C)C#CCC(N)CC1CC2CCC1C2. The summed E-state index contributed by atoms with van der Waals surface area (Å²) in [5, 5.41) is 0. The minimum absolute atomic E-state index is 0.117. The van der Waals surface area contributed by atoms with Crippen molar-refractivity contribution in [2.75, 3.05) is 0 Å². The first kappa shape index (κ1) is 13.0. The van der Waals surface area contributed by atoms with E-state index >= 15 is 0 Å². The van der Waals surface area contributed by atoms with Crippen molar-refractivity contribution in [3.05, 3.63) is 0 Å². The van der Waals surface area contributed by atoms with Crippen LogP contribution in [0.1, 0.15) is 59.3 Å². The summed E-state index contributed by atoms with van der Waals surface area (Å²) in [6, 6.07) is 0.300. The highest BCUT2D eigenvalue weighted by atomic mass is 14.6. The summed E-state index contributed by atoms with van der Waals surface area (Å²) in [6.07, 6.45) is 7.98. The standard InChI is InChI=1S/C16H27N/c1-16(2,3)8-4-5-15(17)11-14-10-12-6-7-13(14)9-12/h12-15H,5-7,9-11,17H2,1-3H3. The first-order valence-electron chi connectivity index (χ1n) is 7.19. The van der Waals surface area contributed by atoms with E-state index in [0.717, 1.165) is 24.2 Å². The van der Waals surface area contributed by atoms with Crippen LogP contribution in [0.2, 0.25) is 0 Å². The lowest BCUT2D eigenvalue weighted by atomic mass is 9.84. The van der Waals surface area contributed by atoms with Crippen molar-refractivity contribution >= 4 is 0 Å². The third kappa shape index (κ3) is 3.75. The maximum absolute atomic E-state index is 6.21. The molecule has 96 valence electrons. The van der Waals surface area contributed by atoms with Gasteiger partial charge < -0.3 is 5.73 Å². The molecule has 2 saturated carbocycles. The Balaban J connectivity index is 1.74. The Labute approximate surface area is 107 Å². The zero-order chi connectivity index (χ0) is 12.5. The third-order valence-electron chi connectivity index (χ3n) is 4.32. The Bertz CT molecular complexity index is 315. The zero-order valence-corrected chi connectivity index (χ0v) is 11.6. The zero-order valence-electron chi connectivity index (χ0n) is 11.6. The van der Waals surface area contributed by atoms with Gasteiger partial charge in [0.05, 0.1) is 0 Å². The second-order valence-electron chi connectivity index (χ2n) is 7.19. The fourth-order valence-electron chi connectivity index (χ4n) is 3.58. The van der Waals surface area contributed by atoms with E-state index in [4.69, 9.17) is 5.73 Å². The largest absolute Gasteiger partial charge is 0.327 e. The summed E-state index contributed by atoms with van der Waals surface area (Å²) >= 11 is 0. The van der Waals surface area contributed by atoms with Crippen molar-refractivity contribution in [2.24, 2.45) is 28.9 Å². The molecule has 2 bridgehead atoms. The maximum atomic E-state index is 6.21. The van der Waals surface area contributed by atoms with E-state index < -0.39 is 0 Å². The van der Waals surface area contributed by atoms with Crippen molar-refractivity contribution in [1.29, 1.82) is 0 Å². The van der Waals surface area contributed by atoms with Crippen LogP contribution in [0.25, 0.3) is 0 Å². The van der Waals surface area contributed by atoms with Crippen LogP contribution in [0.15, 0.2) is 0 Å². The topological polar surface area (TPSA) is 26.0 Å². The van der Waals surface area contributed by atoms with E-state index in [0.29, 0.717) is 6.04 Å². The van der Waals surface area contributed by atoms with Crippen LogP contribution in [0.5, 0.6) is 0 Å². The van der Waals surface area contributed by atoms with Crippen molar-refractivity contribution in [3.63, 3.8) is 0 Å². The van der Waals surface area contributed by atoms with Crippen LogP contribution in [0, 0.1) is 35.0 Å². The van der Waals surface area contributed by atoms with Crippen LogP contribution in [0.3, 0.4) is 0 Å². The van der Waals surface area contributed by atoms with Gasteiger partial charge in [-0.1, -0.05) is 12.3 Å². The third-order valence-corrected chi connectivity index (χ3v) is 4.32. The van der Waals surface area contributed by atoms with Crippen molar-refractivity contribution in [3.8, 4) is 11.8 Å². The quantitative estimate of drug-likeness (QED) is 0.741. The monoisotopic (exact) mass is 233 g/mol. The van der Waals surface area contributed by atoms with E-state index in [1.807, 2.05) is 0 Å². The van der Waals surface area contributed by atoms with E-state index in [9.17, 15) is 0 Å². The molecule has 2 N–H and O–H groups in total. The number of nitrogens with two attached hydrogens (primary N) is 1. The molecule has 2 aliphatic rings. The second-order valence-corrected chi connectivity index (χ2v) is 7.19.